The molecule has 2 aromatic rings. The van der Waals surface area contributed by atoms with E-state index < -0.39 is 0 Å². The SMILES string of the molecule is OCC[C@H](CO)n1cnc2c(=S)nc[nH]c21. The van der Waals surface area contributed by atoms with Crippen LogP contribution in [0, 0.1) is 4.64 Å². The highest BCUT2D eigenvalue weighted by Crippen LogP contribution is 2.17. The largest absolute Gasteiger partial charge is 0.396 e. The number of hydrogen-bond acceptors (Lipinski definition) is 5. The number of aliphatic hydroxyl groups is 2. The molecule has 2 aromatic heterocycles. The second-order valence-corrected chi connectivity index (χ2v) is 3.79. The number of hydrogen-bond donors (Lipinski definition) is 3. The van der Waals surface area contributed by atoms with E-state index in [1.807, 2.05) is 0 Å². The van der Waals surface area contributed by atoms with E-state index in [1.54, 1.807) is 10.9 Å². The molecule has 16 heavy (non-hydrogen) atoms. The van der Waals surface area contributed by atoms with Crippen LogP contribution in [-0.4, -0.2) is 42.9 Å². The molecule has 1 atom stereocenters. The van der Waals surface area contributed by atoms with E-state index in [0.29, 0.717) is 22.2 Å². The number of aromatic nitrogens is 4. The van der Waals surface area contributed by atoms with Crippen molar-refractivity contribution in [2.24, 2.45) is 0 Å². The quantitative estimate of drug-likeness (QED) is 0.674. The number of imidazole rings is 1. The van der Waals surface area contributed by atoms with Crippen molar-refractivity contribution in [3.63, 3.8) is 0 Å². The van der Waals surface area contributed by atoms with Gasteiger partial charge in [0.25, 0.3) is 0 Å². The normalized spacial score (nSPS) is 13.1. The number of nitrogens with one attached hydrogen (secondary N) is 1. The van der Waals surface area contributed by atoms with Crippen molar-refractivity contribution >= 4 is 23.4 Å². The summed E-state index contributed by atoms with van der Waals surface area (Å²) >= 11 is 5.04. The van der Waals surface area contributed by atoms with Crippen molar-refractivity contribution in [1.82, 2.24) is 19.5 Å². The lowest BCUT2D eigenvalue weighted by molar-refractivity contribution is 0.188. The number of aromatic amines is 1. The second kappa shape index (κ2) is 4.69. The number of aliphatic hydroxyl groups excluding tert-OH is 2. The average Bonchev–Trinajstić information content (AvgIpc) is 2.71. The number of rotatable bonds is 4. The molecule has 7 heteroatoms. The Kier molecular flexibility index (Phi) is 3.28. The molecule has 0 aliphatic rings. The summed E-state index contributed by atoms with van der Waals surface area (Å²) in [6.07, 6.45) is 3.55. The first-order valence-corrected chi connectivity index (χ1v) is 5.30. The van der Waals surface area contributed by atoms with Gasteiger partial charge in [0.15, 0.2) is 4.64 Å². The molecule has 0 radical (unpaired) electrons. The monoisotopic (exact) mass is 240 g/mol. The molecular weight excluding hydrogens is 228 g/mol. The van der Waals surface area contributed by atoms with E-state index >= 15 is 0 Å². The fourth-order valence-electron chi connectivity index (χ4n) is 1.62. The van der Waals surface area contributed by atoms with Crippen LogP contribution in [0.3, 0.4) is 0 Å². The lowest BCUT2D eigenvalue weighted by atomic mass is 10.2. The molecule has 0 aliphatic heterocycles. The van der Waals surface area contributed by atoms with E-state index in [-0.39, 0.29) is 19.3 Å². The van der Waals surface area contributed by atoms with Crippen LogP contribution in [0.1, 0.15) is 12.5 Å². The van der Waals surface area contributed by atoms with Crippen LogP contribution in [0.25, 0.3) is 11.2 Å². The highest BCUT2D eigenvalue weighted by Gasteiger charge is 2.13. The predicted octanol–water partition coefficient (Wildman–Crippen LogP) is 0.405. The Morgan fingerprint density at radius 2 is 2.25 bits per heavy atom. The van der Waals surface area contributed by atoms with Gasteiger partial charge >= 0.3 is 0 Å². The summed E-state index contributed by atoms with van der Waals surface area (Å²) in [6, 6.07) is -0.206. The smallest absolute Gasteiger partial charge is 0.157 e. The van der Waals surface area contributed by atoms with E-state index in [1.165, 1.54) is 6.33 Å². The second-order valence-electron chi connectivity index (χ2n) is 3.41. The van der Waals surface area contributed by atoms with E-state index in [4.69, 9.17) is 17.3 Å². The Balaban J connectivity index is 2.52. The highest BCUT2D eigenvalue weighted by molar-refractivity contribution is 7.71. The molecule has 2 rings (SSSR count). The van der Waals surface area contributed by atoms with Crippen molar-refractivity contribution in [1.29, 1.82) is 0 Å². The molecule has 6 nitrogen and oxygen atoms in total. The van der Waals surface area contributed by atoms with Gasteiger partial charge in [-0.15, -0.1) is 0 Å². The van der Waals surface area contributed by atoms with Crippen LogP contribution in [0.5, 0.6) is 0 Å². The van der Waals surface area contributed by atoms with Gasteiger partial charge in [-0.25, -0.2) is 9.97 Å². The lowest BCUT2D eigenvalue weighted by Gasteiger charge is -2.14. The van der Waals surface area contributed by atoms with Crippen molar-refractivity contribution in [2.45, 2.75) is 12.5 Å². The van der Waals surface area contributed by atoms with Crippen molar-refractivity contribution < 1.29 is 10.2 Å². The number of fused-ring (bicyclic) bond motifs is 1. The van der Waals surface area contributed by atoms with Crippen LogP contribution >= 0.6 is 12.2 Å². The van der Waals surface area contributed by atoms with Gasteiger partial charge in [0.05, 0.1) is 25.3 Å². The van der Waals surface area contributed by atoms with Crippen molar-refractivity contribution in [2.75, 3.05) is 13.2 Å². The van der Waals surface area contributed by atoms with Crippen LogP contribution in [0.2, 0.25) is 0 Å². The molecule has 0 aromatic carbocycles. The summed E-state index contributed by atoms with van der Waals surface area (Å²) < 4.78 is 2.19. The average molecular weight is 240 g/mol. The Bertz CT molecular complexity index is 536. The fourth-order valence-corrected chi connectivity index (χ4v) is 1.82. The molecule has 0 aliphatic carbocycles. The first-order chi connectivity index (χ1) is 7.77. The van der Waals surface area contributed by atoms with Crippen LogP contribution in [0.4, 0.5) is 0 Å². The minimum absolute atomic E-state index is 0.0106. The summed E-state index contributed by atoms with van der Waals surface area (Å²) in [5.41, 5.74) is 1.32. The lowest BCUT2D eigenvalue weighted by Crippen LogP contribution is -2.14. The van der Waals surface area contributed by atoms with E-state index in [0.717, 1.165) is 0 Å². The number of nitrogens with zero attached hydrogens (tertiary/aromatic N) is 3. The molecule has 0 spiro atoms. The van der Waals surface area contributed by atoms with Gasteiger partial charge in [0, 0.05) is 6.61 Å². The zero-order valence-corrected chi connectivity index (χ0v) is 9.31. The maximum Gasteiger partial charge on any atom is 0.157 e. The summed E-state index contributed by atoms with van der Waals surface area (Å²) in [7, 11) is 0. The van der Waals surface area contributed by atoms with Crippen molar-refractivity contribution in [3.05, 3.63) is 17.3 Å². The maximum atomic E-state index is 9.24. The van der Waals surface area contributed by atoms with Gasteiger partial charge in [-0.05, 0) is 6.42 Å². The molecule has 0 bridgehead atoms. The molecule has 0 amide bonds. The minimum Gasteiger partial charge on any atom is -0.396 e. The standard InChI is InChI=1S/C9H12N4O2S/c14-2-1-6(3-15)13-5-12-7-8(13)10-4-11-9(7)16/h4-6,14-15H,1-3H2,(H,10,11,16)/t6-/m1/s1. The molecule has 0 fully saturated rings. The van der Waals surface area contributed by atoms with Gasteiger partial charge in [-0.2, -0.15) is 0 Å². The molecule has 86 valence electrons. The third kappa shape index (κ3) is 1.84. The first kappa shape index (κ1) is 11.2. The van der Waals surface area contributed by atoms with Crippen LogP contribution in [-0.2, 0) is 0 Å². The van der Waals surface area contributed by atoms with E-state index in [9.17, 15) is 5.11 Å². The maximum absolute atomic E-state index is 9.24. The van der Waals surface area contributed by atoms with Crippen LogP contribution < -0.4 is 0 Å². The predicted molar refractivity (Wildman–Crippen MR) is 60.5 cm³/mol. The fraction of sp³-hybridized carbons (Fsp3) is 0.444. The van der Waals surface area contributed by atoms with Gasteiger partial charge in [0.1, 0.15) is 11.2 Å². The highest BCUT2D eigenvalue weighted by atomic mass is 32.1. The van der Waals surface area contributed by atoms with Gasteiger partial charge in [-0.1, -0.05) is 12.2 Å². The van der Waals surface area contributed by atoms with Crippen LogP contribution in [0.15, 0.2) is 12.7 Å². The summed E-state index contributed by atoms with van der Waals surface area (Å²) in [5, 5.41) is 18.1. The van der Waals surface area contributed by atoms with Gasteiger partial charge < -0.3 is 19.8 Å². The summed E-state index contributed by atoms with van der Waals surface area (Å²) in [6.45, 7) is -0.0499. The Morgan fingerprint density at radius 1 is 1.44 bits per heavy atom. The molecule has 0 saturated carbocycles. The Labute approximate surface area is 96.6 Å². The Morgan fingerprint density at radius 3 is 2.94 bits per heavy atom. The molecular formula is C9H12N4O2S. The third-order valence-electron chi connectivity index (χ3n) is 2.45. The zero-order chi connectivity index (χ0) is 11.5. The topological polar surface area (TPSA) is 87.0 Å². The molecule has 3 N–H and O–H groups in total. The van der Waals surface area contributed by atoms with E-state index in [2.05, 4.69) is 15.0 Å². The summed E-state index contributed by atoms with van der Waals surface area (Å²) in [5.74, 6) is 0. The number of H-pyrrole nitrogens is 1. The van der Waals surface area contributed by atoms with Crippen molar-refractivity contribution in [3.8, 4) is 0 Å². The third-order valence-corrected chi connectivity index (χ3v) is 2.74. The molecule has 0 saturated heterocycles. The molecule has 0 unspecified atom stereocenters. The molecule has 2 heterocycles. The minimum atomic E-state index is -0.206. The van der Waals surface area contributed by atoms with Gasteiger partial charge in [0.2, 0.25) is 0 Å². The zero-order valence-electron chi connectivity index (χ0n) is 8.50. The summed E-state index contributed by atoms with van der Waals surface area (Å²) in [4.78, 5) is 11.0. The van der Waals surface area contributed by atoms with Gasteiger partial charge in [-0.3, -0.25) is 0 Å². The Hall–Kier alpha value is -1.31. The first-order valence-electron chi connectivity index (χ1n) is 4.90.